The zero-order valence-corrected chi connectivity index (χ0v) is 8.88. The van der Waals surface area contributed by atoms with Gasteiger partial charge in [-0.05, 0) is 7.05 Å². The monoisotopic (exact) mass is 214 g/mol. The Hall–Kier alpha value is -0.980. The highest BCUT2D eigenvalue weighted by molar-refractivity contribution is 7.07. The van der Waals surface area contributed by atoms with E-state index in [4.69, 9.17) is 5.84 Å². The molecule has 0 aliphatic heterocycles. The summed E-state index contributed by atoms with van der Waals surface area (Å²) in [5, 5.41) is 2.00. The van der Waals surface area contributed by atoms with Crippen molar-refractivity contribution in [3.8, 4) is 0 Å². The molecule has 6 heteroatoms. The summed E-state index contributed by atoms with van der Waals surface area (Å²) in [6.45, 7) is 1.45. The van der Waals surface area contributed by atoms with Gasteiger partial charge in [0, 0.05) is 24.9 Å². The van der Waals surface area contributed by atoms with Gasteiger partial charge in [-0.3, -0.25) is 10.2 Å². The number of hydrazine groups is 1. The maximum absolute atomic E-state index is 10.8. The number of carbonyl (C=O) groups is 1. The van der Waals surface area contributed by atoms with Gasteiger partial charge in [0.05, 0.1) is 11.2 Å². The maximum atomic E-state index is 10.8. The molecule has 0 aliphatic rings. The SMILES string of the molecule is CN(CCC(=O)NN)Cc1cscn1. The Balaban J connectivity index is 2.22. The Labute approximate surface area is 86.9 Å². The first-order valence-corrected chi connectivity index (χ1v) is 5.21. The Kier molecular flexibility index (Phi) is 4.51. The van der Waals surface area contributed by atoms with E-state index in [-0.39, 0.29) is 5.91 Å². The van der Waals surface area contributed by atoms with Crippen LogP contribution in [0.4, 0.5) is 0 Å². The molecule has 78 valence electrons. The molecular formula is C8H14N4OS. The summed E-state index contributed by atoms with van der Waals surface area (Å²) in [6, 6.07) is 0. The van der Waals surface area contributed by atoms with Gasteiger partial charge >= 0.3 is 0 Å². The Morgan fingerprint density at radius 1 is 1.79 bits per heavy atom. The van der Waals surface area contributed by atoms with E-state index in [9.17, 15) is 4.79 Å². The van der Waals surface area contributed by atoms with Crippen LogP contribution >= 0.6 is 11.3 Å². The third-order valence-electron chi connectivity index (χ3n) is 1.80. The van der Waals surface area contributed by atoms with E-state index in [2.05, 4.69) is 10.4 Å². The van der Waals surface area contributed by atoms with Crippen LogP contribution in [0.15, 0.2) is 10.9 Å². The molecule has 0 spiro atoms. The van der Waals surface area contributed by atoms with Crippen LogP contribution in [0.25, 0.3) is 0 Å². The molecular weight excluding hydrogens is 200 g/mol. The summed E-state index contributed by atoms with van der Waals surface area (Å²) < 4.78 is 0. The number of aromatic nitrogens is 1. The standard InChI is InChI=1S/C8H14N4OS/c1-12(3-2-8(13)11-9)4-7-5-14-6-10-7/h5-6H,2-4,9H2,1H3,(H,11,13). The van der Waals surface area contributed by atoms with Gasteiger partial charge in [0.1, 0.15) is 0 Å². The summed E-state index contributed by atoms with van der Waals surface area (Å²) >= 11 is 1.57. The maximum Gasteiger partial charge on any atom is 0.235 e. The number of carbonyl (C=O) groups excluding carboxylic acids is 1. The van der Waals surface area contributed by atoms with Crippen molar-refractivity contribution in [2.45, 2.75) is 13.0 Å². The molecule has 0 aliphatic carbocycles. The molecule has 0 fully saturated rings. The molecule has 1 rings (SSSR count). The van der Waals surface area contributed by atoms with Gasteiger partial charge in [-0.15, -0.1) is 11.3 Å². The van der Waals surface area contributed by atoms with E-state index < -0.39 is 0 Å². The van der Waals surface area contributed by atoms with Gasteiger partial charge in [0.2, 0.25) is 5.91 Å². The van der Waals surface area contributed by atoms with Crippen LogP contribution in [0.5, 0.6) is 0 Å². The number of amides is 1. The molecule has 0 saturated carbocycles. The molecule has 1 aromatic rings. The fourth-order valence-electron chi connectivity index (χ4n) is 1.04. The quantitative estimate of drug-likeness (QED) is 0.410. The van der Waals surface area contributed by atoms with Gasteiger partial charge < -0.3 is 4.90 Å². The molecule has 0 aromatic carbocycles. The van der Waals surface area contributed by atoms with E-state index >= 15 is 0 Å². The molecule has 0 radical (unpaired) electrons. The van der Waals surface area contributed by atoms with E-state index in [0.29, 0.717) is 13.0 Å². The third-order valence-corrected chi connectivity index (χ3v) is 2.43. The first-order valence-electron chi connectivity index (χ1n) is 4.27. The first-order chi connectivity index (χ1) is 6.72. The predicted octanol–water partition coefficient (Wildman–Crippen LogP) is -0.0451. The van der Waals surface area contributed by atoms with Crippen molar-refractivity contribution in [2.24, 2.45) is 5.84 Å². The molecule has 0 atom stereocenters. The average Bonchev–Trinajstić information content (AvgIpc) is 2.66. The largest absolute Gasteiger partial charge is 0.300 e. The fourth-order valence-corrected chi connectivity index (χ4v) is 1.59. The number of hydrogen-bond acceptors (Lipinski definition) is 5. The van der Waals surface area contributed by atoms with Crippen molar-refractivity contribution in [2.75, 3.05) is 13.6 Å². The Morgan fingerprint density at radius 3 is 3.14 bits per heavy atom. The van der Waals surface area contributed by atoms with E-state index in [1.807, 2.05) is 17.3 Å². The molecule has 1 aromatic heterocycles. The summed E-state index contributed by atoms with van der Waals surface area (Å²) in [7, 11) is 1.95. The zero-order chi connectivity index (χ0) is 10.4. The third kappa shape index (κ3) is 3.82. The fraction of sp³-hybridized carbons (Fsp3) is 0.500. The second-order valence-electron chi connectivity index (χ2n) is 3.04. The topological polar surface area (TPSA) is 71.2 Å². The number of nitrogens with one attached hydrogen (secondary N) is 1. The number of hydrogen-bond donors (Lipinski definition) is 2. The predicted molar refractivity (Wildman–Crippen MR) is 55.4 cm³/mol. The van der Waals surface area contributed by atoms with E-state index in [1.165, 1.54) is 0 Å². The lowest BCUT2D eigenvalue weighted by Gasteiger charge is -2.13. The van der Waals surface area contributed by atoms with E-state index in [0.717, 1.165) is 12.2 Å². The van der Waals surface area contributed by atoms with Gasteiger partial charge in [0.15, 0.2) is 0 Å². The van der Waals surface area contributed by atoms with Crippen LogP contribution in [0, 0.1) is 0 Å². The summed E-state index contributed by atoms with van der Waals surface area (Å²) in [5.41, 5.74) is 4.93. The van der Waals surface area contributed by atoms with Crippen LogP contribution < -0.4 is 11.3 Å². The molecule has 3 N–H and O–H groups in total. The second kappa shape index (κ2) is 5.69. The van der Waals surface area contributed by atoms with Crippen LogP contribution in [0.1, 0.15) is 12.1 Å². The van der Waals surface area contributed by atoms with Crippen molar-refractivity contribution >= 4 is 17.2 Å². The normalized spacial score (nSPS) is 10.5. The Morgan fingerprint density at radius 2 is 2.57 bits per heavy atom. The number of nitrogens with zero attached hydrogens (tertiary/aromatic N) is 2. The molecule has 0 unspecified atom stereocenters. The minimum Gasteiger partial charge on any atom is -0.300 e. The van der Waals surface area contributed by atoms with E-state index in [1.54, 1.807) is 16.8 Å². The van der Waals surface area contributed by atoms with Crippen molar-refractivity contribution in [3.05, 3.63) is 16.6 Å². The van der Waals surface area contributed by atoms with Gasteiger partial charge in [-0.25, -0.2) is 10.8 Å². The van der Waals surface area contributed by atoms with Crippen LogP contribution in [0.2, 0.25) is 0 Å². The van der Waals surface area contributed by atoms with Crippen molar-refractivity contribution < 1.29 is 4.79 Å². The van der Waals surface area contributed by atoms with Crippen molar-refractivity contribution in [1.29, 1.82) is 0 Å². The number of thiazole rings is 1. The minimum atomic E-state index is -0.143. The van der Waals surface area contributed by atoms with Gasteiger partial charge in [-0.1, -0.05) is 0 Å². The summed E-state index contributed by atoms with van der Waals surface area (Å²) in [5.74, 6) is 4.82. The highest BCUT2D eigenvalue weighted by Gasteiger charge is 2.04. The van der Waals surface area contributed by atoms with Crippen molar-refractivity contribution in [1.82, 2.24) is 15.3 Å². The lowest BCUT2D eigenvalue weighted by Crippen LogP contribution is -2.33. The number of nitrogens with two attached hydrogens (primary N) is 1. The minimum absolute atomic E-state index is 0.143. The molecule has 1 amide bonds. The molecule has 1 heterocycles. The van der Waals surface area contributed by atoms with Crippen LogP contribution in [-0.2, 0) is 11.3 Å². The average molecular weight is 214 g/mol. The lowest BCUT2D eigenvalue weighted by molar-refractivity contribution is -0.121. The molecule has 0 bridgehead atoms. The summed E-state index contributed by atoms with van der Waals surface area (Å²) in [6.07, 6.45) is 0.414. The first kappa shape index (κ1) is 11.1. The van der Waals surface area contributed by atoms with Crippen LogP contribution in [0.3, 0.4) is 0 Å². The highest BCUT2D eigenvalue weighted by Crippen LogP contribution is 2.03. The smallest absolute Gasteiger partial charge is 0.235 e. The Bertz CT molecular complexity index is 275. The van der Waals surface area contributed by atoms with Crippen molar-refractivity contribution in [3.63, 3.8) is 0 Å². The van der Waals surface area contributed by atoms with Gasteiger partial charge in [-0.2, -0.15) is 0 Å². The highest BCUT2D eigenvalue weighted by atomic mass is 32.1. The number of rotatable bonds is 5. The lowest BCUT2D eigenvalue weighted by atomic mass is 10.3. The molecule has 14 heavy (non-hydrogen) atoms. The van der Waals surface area contributed by atoms with Crippen LogP contribution in [-0.4, -0.2) is 29.4 Å². The summed E-state index contributed by atoms with van der Waals surface area (Å²) in [4.78, 5) is 17.0. The molecule has 0 saturated heterocycles. The zero-order valence-electron chi connectivity index (χ0n) is 8.06. The van der Waals surface area contributed by atoms with Gasteiger partial charge in [0.25, 0.3) is 0 Å². The second-order valence-corrected chi connectivity index (χ2v) is 3.75. The molecule has 5 nitrogen and oxygen atoms in total.